The highest BCUT2D eigenvalue weighted by Crippen LogP contribution is 2.32. The normalized spacial score (nSPS) is 23.6. The lowest BCUT2D eigenvalue weighted by Gasteiger charge is -2.24. The van der Waals surface area contributed by atoms with Crippen molar-refractivity contribution in [3.05, 3.63) is 24.5 Å². The van der Waals surface area contributed by atoms with Gasteiger partial charge in [0.25, 0.3) is 0 Å². The average Bonchev–Trinajstić information content (AvgIpc) is 2.86. The van der Waals surface area contributed by atoms with E-state index in [-0.39, 0.29) is 11.8 Å². The van der Waals surface area contributed by atoms with Gasteiger partial charge in [-0.05, 0) is 37.4 Å². The number of carbonyl (C=O) groups is 1. The van der Waals surface area contributed by atoms with E-state index in [4.69, 9.17) is 5.73 Å². The van der Waals surface area contributed by atoms with Gasteiger partial charge in [-0.2, -0.15) is 0 Å². The summed E-state index contributed by atoms with van der Waals surface area (Å²) in [4.78, 5) is 18.1. The van der Waals surface area contributed by atoms with Crippen molar-refractivity contribution in [3.8, 4) is 0 Å². The topological polar surface area (TPSA) is 59.2 Å². The summed E-state index contributed by atoms with van der Waals surface area (Å²) in [5, 5.41) is 0. The number of nitrogens with two attached hydrogens (primary N) is 1. The summed E-state index contributed by atoms with van der Waals surface area (Å²) in [7, 11) is 1.81. The highest BCUT2D eigenvalue weighted by molar-refractivity contribution is 5.94. The average molecular weight is 233 g/mol. The minimum atomic E-state index is 0.0882. The summed E-state index contributed by atoms with van der Waals surface area (Å²) in [5.74, 6) is 0.609. The van der Waals surface area contributed by atoms with Crippen LogP contribution >= 0.6 is 0 Å². The fourth-order valence-electron chi connectivity index (χ4n) is 2.57. The standard InChI is InChI=1S/C13H19N3O/c1-16(11-5-3-7-15-9-11)13(17)12-6-2-4-10(12)8-14/h3,5,7,9-10,12H,2,4,6,8,14H2,1H3/t10-,12-/m1/s1. The zero-order valence-electron chi connectivity index (χ0n) is 10.2. The molecule has 0 spiro atoms. The first-order valence-electron chi connectivity index (χ1n) is 6.11. The summed E-state index contributed by atoms with van der Waals surface area (Å²) in [6, 6.07) is 3.74. The molecule has 1 heterocycles. The molecular formula is C13H19N3O. The third kappa shape index (κ3) is 2.47. The van der Waals surface area contributed by atoms with Crippen LogP contribution in [0.3, 0.4) is 0 Å². The SMILES string of the molecule is CN(C(=O)[C@@H]1CCC[C@@H]1CN)c1cccnc1. The third-order valence-corrected chi connectivity index (χ3v) is 3.64. The summed E-state index contributed by atoms with van der Waals surface area (Å²) >= 11 is 0. The van der Waals surface area contributed by atoms with Crippen LogP contribution in [0.4, 0.5) is 5.69 Å². The molecule has 1 aromatic rings. The highest BCUT2D eigenvalue weighted by Gasteiger charge is 2.33. The number of anilines is 1. The van der Waals surface area contributed by atoms with Crippen molar-refractivity contribution in [3.63, 3.8) is 0 Å². The minimum Gasteiger partial charge on any atom is -0.330 e. The van der Waals surface area contributed by atoms with E-state index in [0.29, 0.717) is 12.5 Å². The molecule has 0 bridgehead atoms. The Kier molecular flexibility index (Phi) is 3.74. The lowest BCUT2D eigenvalue weighted by molar-refractivity contribution is -0.123. The number of pyridine rings is 1. The van der Waals surface area contributed by atoms with Crippen molar-refractivity contribution < 1.29 is 4.79 Å². The summed E-state index contributed by atoms with van der Waals surface area (Å²) in [6.07, 6.45) is 6.57. The lowest BCUT2D eigenvalue weighted by Crippen LogP contribution is -2.36. The molecule has 17 heavy (non-hydrogen) atoms. The second-order valence-electron chi connectivity index (χ2n) is 4.64. The quantitative estimate of drug-likeness (QED) is 0.859. The molecule has 1 fully saturated rings. The van der Waals surface area contributed by atoms with Gasteiger partial charge in [0.15, 0.2) is 0 Å². The maximum absolute atomic E-state index is 12.4. The molecule has 1 amide bonds. The van der Waals surface area contributed by atoms with Gasteiger partial charge in [-0.25, -0.2) is 0 Å². The predicted octanol–water partition coefficient (Wildman–Crippen LogP) is 1.42. The molecule has 0 aliphatic heterocycles. The van der Waals surface area contributed by atoms with E-state index in [1.807, 2.05) is 19.2 Å². The molecule has 2 rings (SSSR count). The zero-order chi connectivity index (χ0) is 12.3. The number of hydrogen-bond acceptors (Lipinski definition) is 3. The van der Waals surface area contributed by atoms with E-state index < -0.39 is 0 Å². The predicted molar refractivity (Wildman–Crippen MR) is 67.5 cm³/mol. The smallest absolute Gasteiger partial charge is 0.230 e. The van der Waals surface area contributed by atoms with Gasteiger partial charge in [-0.1, -0.05) is 6.42 Å². The van der Waals surface area contributed by atoms with Crippen LogP contribution in [0, 0.1) is 11.8 Å². The summed E-state index contributed by atoms with van der Waals surface area (Å²) in [6.45, 7) is 0.608. The Morgan fingerprint density at radius 2 is 2.41 bits per heavy atom. The lowest BCUT2D eigenvalue weighted by atomic mass is 9.95. The number of nitrogens with zero attached hydrogens (tertiary/aromatic N) is 2. The Hall–Kier alpha value is -1.42. The minimum absolute atomic E-state index is 0.0882. The highest BCUT2D eigenvalue weighted by atomic mass is 16.2. The van der Waals surface area contributed by atoms with Crippen molar-refractivity contribution in [2.45, 2.75) is 19.3 Å². The largest absolute Gasteiger partial charge is 0.330 e. The van der Waals surface area contributed by atoms with Crippen LogP contribution in [-0.2, 0) is 4.79 Å². The molecule has 4 nitrogen and oxygen atoms in total. The Morgan fingerprint density at radius 3 is 3.06 bits per heavy atom. The van der Waals surface area contributed by atoms with Crippen molar-refractivity contribution >= 4 is 11.6 Å². The Morgan fingerprint density at radius 1 is 1.59 bits per heavy atom. The van der Waals surface area contributed by atoms with Crippen LogP contribution in [0.2, 0.25) is 0 Å². The van der Waals surface area contributed by atoms with E-state index in [2.05, 4.69) is 4.98 Å². The second-order valence-corrected chi connectivity index (χ2v) is 4.64. The van der Waals surface area contributed by atoms with Gasteiger partial charge in [-0.15, -0.1) is 0 Å². The van der Waals surface area contributed by atoms with Crippen LogP contribution < -0.4 is 10.6 Å². The van der Waals surface area contributed by atoms with Crippen LogP contribution in [0.15, 0.2) is 24.5 Å². The van der Waals surface area contributed by atoms with Crippen molar-refractivity contribution in [1.82, 2.24) is 4.98 Å². The molecule has 1 saturated carbocycles. The molecule has 1 aliphatic carbocycles. The first kappa shape index (κ1) is 12.0. The van der Waals surface area contributed by atoms with Crippen molar-refractivity contribution in [2.24, 2.45) is 17.6 Å². The first-order valence-corrected chi connectivity index (χ1v) is 6.11. The molecule has 2 atom stereocenters. The fraction of sp³-hybridized carbons (Fsp3) is 0.538. The summed E-state index contributed by atoms with van der Waals surface area (Å²) in [5.41, 5.74) is 6.57. The monoisotopic (exact) mass is 233 g/mol. The number of carbonyl (C=O) groups excluding carboxylic acids is 1. The number of rotatable bonds is 3. The van der Waals surface area contributed by atoms with Crippen molar-refractivity contribution in [1.29, 1.82) is 0 Å². The maximum atomic E-state index is 12.4. The third-order valence-electron chi connectivity index (χ3n) is 3.64. The van der Waals surface area contributed by atoms with E-state index in [1.54, 1.807) is 17.3 Å². The first-order chi connectivity index (χ1) is 8.24. The van der Waals surface area contributed by atoms with Crippen LogP contribution in [0.5, 0.6) is 0 Å². The van der Waals surface area contributed by atoms with Gasteiger partial charge in [0.1, 0.15) is 0 Å². The van der Waals surface area contributed by atoms with Crippen LogP contribution in [0.1, 0.15) is 19.3 Å². The van der Waals surface area contributed by atoms with E-state index in [9.17, 15) is 4.79 Å². The Bertz CT molecular complexity index is 380. The van der Waals surface area contributed by atoms with Gasteiger partial charge in [0.05, 0.1) is 11.9 Å². The molecule has 0 unspecified atom stereocenters. The van der Waals surface area contributed by atoms with Gasteiger partial charge in [-0.3, -0.25) is 9.78 Å². The molecule has 0 radical (unpaired) electrons. The summed E-state index contributed by atoms with van der Waals surface area (Å²) < 4.78 is 0. The van der Waals surface area contributed by atoms with E-state index in [0.717, 1.165) is 24.9 Å². The van der Waals surface area contributed by atoms with Crippen LogP contribution in [-0.4, -0.2) is 24.5 Å². The molecule has 0 aromatic carbocycles. The van der Waals surface area contributed by atoms with Gasteiger partial charge in [0.2, 0.25) is 5.91 Å². The number of aromatic nitrogens is 1. The molecule has 2 N–H and O–H groups in total. The van der Waals surface area contributed by atoms with Gasteiger partial charge in [0, 0.05) is 19.2 Å². The van der Waals surface area contributed by atoms with Gasteiger partial charge < -0.3 is 10.6 Å². The van der Waals surface area contributed by atoms with Crippen molar-refractivity contribution in [2.75, 3.05) is 18.5 Å². The molecular weight excluding hydrogens is 214 g/mol. The zero-order valence-corrected chi connectivity index (χ0v) is 10.2. The Labute approximate surface area is 102 Å². The van der Waals surface area contributed by atoms with E-state index >= 15 is 0 Å². The molecule has 0 saturated heterocycles. The molecule has 1 aliphatic rings. The number of hydrogen-bond donors (Lipinski definition) is 1. The maximum Gasteiger partial charge on any atom is 0.230 e. The number of amides is 1. The second kappa shape index (κ2) is 5.27. The molecule has 1 aromatic heterocycles. The fourth-order valence-corrected chi connectivity index (χ4v) is 2.57. The van der Waals surface area contributed by atoms with Gasteiger partial charge >= 0.3 is 0 Å². The Balaban J connectivity index is 2.10. The molecule has 92 valence electrons. The van der Waals surface area contributed by atoms with E-state index in [1.165, 1.54) is 0 Å². The van der Waals surface area contributed by atoms with Crippen LogP contribution in [0.25, 0.3) is 0 Å². The molecule has 4 heteroatoms.